The number of carbonyl (C=O) groups is 2. The third-order valence-corrected chi connectivity index (χ3v) is 2.69. The molecule has 17 heavy (non-hydrogen) atoms. The summed E-state index contributed by atoms with van der Waals surface area (Å²) in [6.45, 7) is 1.39. The molecular weight excluding hydrogens is 220 g/mol. The Morgan fingerprint density at radius 2 is 2.18 bits per heavy atom. The summed E-state index contributed by atoms with van der Waals surface area (Å²) < 4.78 is 0. The molecule has 0 radical (unpaired) electrons. The summed E-state index contributed by atoms with van der Waals surface area (Å²) in [6, 6.07) is 6.23. The Bertz CT molecular complexity index is 445. The van der Waals surface area contributed by atoms with Gasteiger partial charge in [-0.3, -0.25) is 9.59 Å². The predicted molar refractivity (Wildman–Crippen MR) is 61.6 cm³/mol. The molecule has 0 bridgehead atoms. The van der Waals surface area contributed by atoms with Gasteiger partial charge in [0.2, 0.25) is 5.91 Å². The standard InChI is InChI=1S/C12H14N2O3/c15-10-3-1-2-9(8-10)12(17)14-6-4-11(16)13-5-7-14/h1-3,8,15H,4-7H2,(H,13,16). The van der Waals surface area contributed by atoms with Crippen LogP contribution in [0.15, 0.2) is 24.3 Å². The molecule has 0 aromatic heterocycles. The number of phenols is 1. The van der Waals surface area contributed by atoms with Crippen LogP contribution in [0.4, 0.5) is 0 Å². The van der Waals surface area contributed by atoms with Crippen LogP contribution < -0.4 is 5.32 Å². The quantitative estimate of drug-likeness (QED) is 0.737. The average Bonchev–Trinajstić information content (AvgIpc) is 2.53. The lowest BCUT2D eigenvalue weighted by molar-refractivity contribution is -0.120. The molecule has 90 valence electrons. The zero-order chi connectivity index (χ0) is 12.3. The number of benzene rings is 1. The minimum absolute atomic E-state index is 0.0313. The van der Waals surface area contributed by atoms with Crippen LogP contribution in [0.3, 0.4) is 0 Å². The normalized spacial score (nSPS) is 16.2. The van der Waals surface area contributed by atoms with Crippen molar-refractivity contribution in [1.29, 1.82) is 0 Å². The Morgan fingerprint density at radius 3 is 2.94 bits per heavy atom. The Hall–Kier alpha value is -2.04. The molecule has 5 heteroatoms. The molecule has 2 amide bonds. The van der Waals surface area contributed by atoms with E-state index in [1.807, 2.05) is 0 Å². The van der Waals surface area contributed by atoms with Crippen LogP contribution >= 0.6 is 0 Å². The second-order valence-corrected chi connectivity index (χ2v) is 3.94. The Morgan fingerprint density at radius 1 is 1.35 bits per heavy atom. The summed E-state index contributed by atoms with van der Waals surface area (Å²) in [7, 11) is 0. The molecule has 2 rings (SSSR count). The summed E-state index contributed by atoms with van der Waals surface area (Å²) in [5.74, 6) is -0.117. The van der Waals surface area contributed by atoms with Crippen LogP contribution in [0.2, 0.25) is 0 Å². The van der Waals surface area contributed by atoms with Crippen LogP contribution in [0.5, 0.6) is 5.75 Å². The first-order chi connectivity index (χ1) is 8.16. The molecule has 2 N–H and O–H groups in total. The summed E-state index contributed by atoms with van der Waals surface area (Å²) in [6.07, 6.45) is 0.324. The van der Waals surface area contributed by atoms with Crippen LogP contribution in [0.1, 0.15) is 16.8 Å². The fraction of sp³-hybridized carbons (Fsp3) is 0.333. The van der Waals surface area contributed by atoms with Gasteiger partial charge in [0.15, 0.2) is 0 Å². The summed E-state index contributed by atoms with van der Waals surface area (Å²) in [5, 5.41) is 12.0. The van der Waals surface area contributed by atoms with Gasteiger partial charge in [0.25, 0.3) is 5.91 Å². The third-order valence-electron chi connectivity index (χ3n) is 2.69. The predicted octanol–water partition coefficient (Wildman–Crippen LogP) is 0.354. The van der Waals surface area contributed by atoms with Gasteiger partial charge in [0, 0.05) is 31.6 Å². The molecular formula is C12H14N2O3. The molecule has 0 saturated carbocycles. The van der Waals surface area contributed by atoms with Gasteiger partial charge in [0.1, 0.15) is 5.75 Å². The summed E-state index contributed by atoms with van der Waals surface area (Å²) >= 11 is 0. The number of rotatable bonds is 1. The van der Waals surface area contributed by atoms with Gasteiger partial charge in [-0.2, -0.15) is 0 Å². The van der Waals surface area contributed by atoms with Crippen molar-refractivity contribution < 1.29 is 14.7 Å². The van der Waals surface area contributed by atoms with E-state index in [-0.39, 0.29) is 17.6 Å². The van der Waals surface area contributed by atoms with Crippen molar-refractivity contribution in [2.75, 3.05) is 19.6 Å². The molecule has 0 atom stereocenters. The fourth-order valence-corrected chi connectivity index (χ4v) is 1.79. The minimum atomic E-state index is -0.155. The van der Waals surface area contributed by atoms with Crippen molar-refractivity contribution in [1.82, 2.24) is 10.2 Å². The largest absolute Gasteiger partial charge is 0.508 e. The van der Waals surface area contributed by atoms with E-state index in [9.17, 15) is 14.7 Å². The molecule has 0 unspecified atom stereocenters. The van der Waals surface area contributed by atoms with Gasteiger partial charge in [-0.1, -0.05) is 6.07 Å². The zero-order valence-corrected chi connectivity index (χ0v) is 9.35. The molecule has 0 aliphatic carbocycles. The second kappa shape index (κ2) is 4.86. The van der Waals surface area contributed by atoms with Crippen LogP contribution in [-0.4, -0.2) is 41.5 Å². The van der Waals surface area contributed by atoms with Crippen molar-refractivity contribution in [2.45, 2.75) is 6.42 Å². The smallest absolute Gasteiger partial charge is 0.254 e. The summed E-state index contributed by atoms with van der Waals surface area (Å²) in [5.41, 5.74) is 0.444. The number of hydrogen-bond donors (Lipinski definition) is 2. The van der Waals surface area contributed by atoms with E-state index in [4.69, 9.17) is 0 Å². The first kappa shape index (κ1) is 11.4. The van der Waals surface area contributed by atoms with Crippen molar-refractivity contribution in [2.24, 2.45) is 0 Å². The fourth-order valence-electron chi connectivity index (χ4n) is 1.79. The van der Waals surface area contributed by atoms with Crippen LogP contribution in [0.25, 0.3) is 0 Å². The number of nitrogens with zero attached hydrogens (tertiary/aromatic N) is 1. The van der Waals surface area contributed by atoms with E-state index in [2.05, 4.69) is 5.32 Å². The van der Waals surface area contributed by atoms with Gasteiger partial charge < -0.3 is 15.3 Å². The van der Waals surface area contributed by atoms with Crippen molar-refractivity contribution in [3.63, 3.8) is 0 Å². The molecule has 5 nitrogen and oxygen atoms in total. The highest BCUT2D eigenvalue weighted by molar-refractivity contribution is 5.95. The summed E-state index contributed by atoms with van der Waals surface area (Å²) in [4.78, 5) is 24.9. The maximum atomic E-state index is 12.1. The van der Waals surface area contributed by atoms with Gasteiger partial charge >= 0.3 is 0 Å². The van der Waals surface area contributed by atoms with E-state index in [0.717, 1.165) is 0 Å². The molecule has 1 aliphatic rings. The van der Waals surface area contributed by atoms with Crippen LogP contribution in [-0.2, 0) is 4.79 Å². The monoisotopic (exact) mass is 234 g/mol. The minimum Gasteiger partial charge on any atom is -0.508 e. The number of phenolic OH excluding ortho intramolecular Hbond substituents is 1. The van der Waals surface area contributed by atoms with E-state index in [1.54, 1.807) is 17.0 Å². The maximum Gasteiger partial charge on any atom is 0.254 e. The molecule has 1 aromatic rings. The van der Waals surface area contributed by atoms with Crippen molar-refractivity contribution in [3.8, 4) is 5.75 Å². The molecule has 0 spiro atoms. The lowest BCUT2D eigenvalue weighted by Crippen LogP contribution is -2.34. The maximum absolute atomic E-state index is 12.1. The van der Waals surface area contributed by atoms with Gasteiger partial charge in [-0.25, -0.2) is 0 Å². The molecule has 1 aromatic carbocycles. The SMILES string of the molecule is O=C1CCN(C(=O)c2cccc(O)c2)CCN1. The highest BCUT2D eigenvalue weighted by atomic mass is 16.3. The molecule has 1 aliphatic heterocycles. The van der Waals surface area contributed by atoms with Crippen molar-refractivity contribution in [3.05, 3.63) is 29.8 Å². The number of hydrogen-bond acceptors (Lipinski definition) is 3. The first-order valence-corrected chi connectivity index (χ1v) is 5.52. The highest BCUT2D eigenvalue weighted by Gasteiger charge is 2.19. The Balaban J connectivity index is 2.11. The van der Waals surface area contributed by atoms with Crippen molar-refractivity contribution >= 4 is 11.8 Å². The van der Waals surface area contributed by atoms with Gasteiger partial charge in [0.05, 0.1) is 0 Å². The number of nitrogens with one attached hydrogen (secondary N) is 1. The Labute approximate surface area is 99.0 Å². The van der Waals surface area contributed by atoms with E-state index in [0.29, 0.717) is 31.6 Å². The second-order valence-electron chi connectivity index (χ2n) is 3.94. The molecule has 1 heterocycles. The van der Waals surface area contributed by atoms with E-state index in [1.165, 1.54) is 12.1 Å². The lowest BCUT2D eigenvalue weighted by Gasteiger charge is -2.19. The zero-order valence-electron chi connectivity index (χ0n) is 9.35. The van der Waals surface area contributed by atoms with E-state index >= 15 is 0 Å². The number of aromatic hydroxyl groups is 1. The Kier molecular flexibility index (Phi) is 3.27. The average molecular weight is 234 g/mol. The first-order valence-electron chi connectivity index (χ1n) is 5.52. The third kappa shape index (κ3) is 2.75. The van der Waals surface area contributed by atoms with E-state index < -0.39 is 0 Å². The number of amides is 2. The highest BCUT2D eigenvalue weighted by Crippen LogP contribution is 2.13. The van der Waals surface area contributed by atoms with Crippen LogP contribution in [0, 0.1) is 0 Å². The molecule has 1 saturated heterocycles. The van der Waals surface area contributed by atoms with Gasteiger partial charge in [-0.15, -0.1) is 0 Å². The number of carbonyl (C=O) groups excluding carboxylic acids is 2. The lowest BCUT2D eigenvalue weighted by atomic mass is 10.2. The topological polar surface area (TPSA) is 69.6 Å². The molecule has 1 fully saturated rings. The van der Waals surface area contributed by atoms with Gasteiger partial charge in [-0.05, 0) is 18.2 Å².